The zero-order valence-electron chi connectivity index (χ0n) is 35.4. The van der Waals surface area contributed by atoms with Crippen molar-refractivity contribution in [2.75, 3.05) is 13.2 Å². The summed E-state index contributed by atoms with van der Waals surface area (Å²) in [7, 11) is 0. The summed E-state index contributed by atoms with van der Waals surface area (Å²) in [5.74, 6) is -4.64. The van der Waals surface area contributed by atoms with Crippen LogP contribution in [0.1, 0.15) is 64.0 Å². The van der Waals surface area contributed by atoms with Crippen LogP contribution in [0.3, 0.4) is 0 Å². The summed E-state index contributed by atoms with van der Waals surface area (Å²) >= 11 is 0. The molecular weight excluding hydrogens is 821 g/mol. The molecule has 3 heterocycles. The molecule has 2 aliphatic rings. The van der Waals surface area contributed by atoms with Crippen molar-refractivity contribution in [1.82, 2.24) is 42.2 Å². The third kappa shape index (κ3) is 13.7. The van der Waals surface area contributed by atoms with Gasteiger partial charge in [0.05, 0.1) is 13.0 Å². The van der Waals surface area contributed by atoms with E-state index in [1.54, 1.807) is 30.5 Å². The molecule has 1 aromatic heterocycles. The smallest absolute Gasteiger partial charge is 0.408 e. The number of amides is 7. The summed E-state index contributed by atoms with van der Waals surface area (Å²) in [5, 5.41) is 50.0. The minimum Gasteiger partial charge on any atom is -0.445 e. The first kappa shape index (κ1) is 48.0. The van der Waals surface area contributed by atoms with Crippen LogP contribution in [0.25, 0.3) is 10.9 Å². The lowest BCUT2D eigenvalue weighted by Gasteiger charge is -2.42. The third-order valence-corrected chi connectivity index (χ3v) is 10.7. The number of alkyl carbamates (subject to hydrolysis) is 1. The Morgan fingerprint density at radius 3 is 2.22 bits per heavy atom. The standard InChI is InChI=1S/C43H58N8O12/c1-23(2)17-30-40(59)49-32(19-34(54)51-42-35(46-24(3)53)37(56)36(55)33(21-52)63-42)38(57)44-16-10-9-15-29(50-43(61)62-22-25-11-5-4-6-12-25)39(58)48-31(41(60)47-30)18-26-20-45-28-14-8-7-13-27(26)28/h4-8,11-14,20,23,29-33,35-37,42,45,52,55-56H,9-10,15-19,21-22H2,1-3H3,(H,44,57)(H,46,53)(H,47,60)(H,48,58)(H,49,59)(H,50,61)(H,51,54)/t29?,30?,31-,32?,33-,35-,36-,37-,42-/m1/s1. The molecule has 63 heavy (non-hydrogen) atoms. The Morgan fingerprint density at radius 2 is 1.51 bits per heavy atom. The Balaban J connectivity index is 1.40. The number of ether oxygens (including phenoxy) is 2. The molecule has 0 bridgehead atoms. The highest BCUT2D eigenvalue weighted by Crippen LogP contribution is 2.22. The van der Waals surface area contributed by atoms with Gasteiger partial charge in [-0.1, -0.05) is 62.4 Å². The number of aromatic nitrogens is 1. The zero-order chi connectivity index (χ0) is 45.6. The van der Waals surface area contributed by atoms with E-state index in [1.807, 2.05) is 44.2 Å². The van der Waals surface area contributed by atoms with Gasteiger partial charge in [-0.2, -0.15) is 0 Å². The number of carbonyl (C=O) groups excluding carboxylic acids is 7. The molecule has 0 saturated carbocycles. The van der Waals surface area contributed by atoms with E-state index in [-0.39, 0.29) is 51.2 Å². The molecule has 3 aromatic rings. The second-order valence-electron chi connectivity index (χ2n) is 16.2. The van der Waals surface area contributed by atoms with Gasteiger partial charge < -0.3 is 67.0 Å². The Bertz CT molecular complexity index is 2060. The Morgan fingerprint density at radius 1 is 0.825 bits per heavy atom. The van der Waals surface area contributed by atoms with Crippen molar-refractivity contribution in [2.24, 2.45) is 5.92 Å². The molecule has 11 N–H and O–H groups in total. The first-order valence-corrected chi connectivity index (χ1v) is 21.0. The lowest BCUT2D eigenvalue weighted by molar-refractivity contribution is -0.203. The van der Waals surface area contributed by atoms with Crippen LogP contribution < -0.4 is 37.2 Å². The Kier molecular flexibility index (Phi) is 17.4. The fourth-order valence-electron chi connectivity index (χ4n) is 7.48. The average molecular weight is 879 g/mol. The van der Waals surface area contributed by atoms with Crippen molar-refractivity contribution in [3.63, 3.8) is 0 Å². The minimum atomic E-state index is -1.66. The van der Waals surface area contributed by atoms with Gasteiger partial charge >= 0.3 is 6.09 Å². The molecule has 3 unspecified atom stereocenters. The van der Waals surface area contributed by atoms with Gasteiger partial charge in [-0.3, -0.25) is 28.8 Å². The number of nitrogens with one attached hydrogen (secondary N) is 8. The first-order chi connectivity index (χ1) is 30.1. The van der Waals surface area contributed by atoms with Crippen LogP contribution in [0, 0.1) is 5.92 Å². The van der Waals surface area contributed by atoms with Crippen molar-refractivity contribution < 1.29 is 58.4 Å². The largest absolute Gasteiger partial charge is 0.445 e. The van der Waals surface area contributed by atoms with Crippen molar-refractivity contribution in [3.8, 4) is 0 Å². The fourth-order valence-corrected chi connectivity index (χ4v) is 7.48. The predicted octanol–water partition coefficient (Wildman–Crippen LogP) is -0.744. The minimum absolute atomic E-state index is 0.0143. The van der Waals surface area contributed by atoms with Gasteiger partial charge in [0, 0.05) is 37.0 Å². The van der Waals surface area contributed by atoms with E-state index < -0.39 is 109 Å². The van der Waals surface area contributed by atoms with Crippen LogP contribution in [0.2, 0.25) is 0 Å². The number of carbonyl (C=O) groups is 7. The van der Waals surface area contributed by atoms with E-state index in [0.29, 0.717) is 5.56 Å². The summed E-state index contributed by atoms with van der Waals surface area (Å²) < 4.78 is 11.0. The van der Waals surface area contributed by atoms with E-state index in [0.717, 1.165) is 23.4 Å². The molecule has 20 heteroatoms. The maximum Gasteiger partial charge on any atom is 0.408 e. The number of hydrogen-bond donors (Lipinski definition) is 11. The highest BCUT2D eigenvalue weighted by Gasteiger charge is 2.45. The summed E-state index contributed by atoms with van der Waals surface area (Å²) in [6, 6.07) is 9.78. The van der Waals surface area contributed by atoms with Crippen LogP contribution in [0.15, 0.2) is 60.8 Å². The number of aromatic amines is 1. The summed E-state index contributed by atoms with van der Waals surface area (Å²) in [6.07, 6.45) is -5.17. The lowest BCUT2D eigenvalue weighted by Crippen LogP contribution is -2.68. The van der Waals surface area contributed by atoms with Crippen molar-refractivity contribution in [1.29, 1.82) is 0 Å². The second-order valence-corrected chi connectivity index (χ2v) is 16.2. The van der Waals surface area contributed by atoms with E-state index in [2.05, 4.69) is 42.2 Å². The average Bonchev–Trinajstić information content (AvgIpc) is 3.66. The van der Waals surface area contributed by atoms with Gasteiger partial charge in [0.25, 0.3) is 0 Å². The number of hydrogen-bond acceptors (Lipinski definition) is 12. The van der Waals surface area contributed by atoms with Gasteiger partial charge in [0.15, 0.2) is 6.23 Å². The molecule has 2 aromatic carbocycles. The quantitative estimate of drug-likeness (QED) is 0.107. The summed E-state index contributed by atoms with van der Waals surface area (Å²) in [5.41, 5.74) is 2.21. The van der Waals surface area contributed by atoms with Crippen LogP contribution >= 0.6 is 0 Å². The SMILES string of the molecule is CC(=O)N[C@@H]1[C@@H](O)[C@H](O)[C@@H](CO)O[C@H]1NC(=O)CC1NC(=O)C(CC(C)C)NC(=O)[C@@H](Cc2c[nH]c3ccccc23)NC(=O)C(NC(=O)OCc2ccccc2)CCCCNC1=O. The summed E-state index contributed by atoms with van der Waals surface area (Å²) in [6.45, 7) is 4.02. The Hall–Kier alpha value is -6.09. The maximum absolute atomic E-state index is 14.3. The van der Waals surface area contributed by atoms with E-state index in [9.17, 15) is 48.9 Å². The molecule has 9 atom stereocenters. The van der Waals surface area contributed by atoms with Gasteiger partial charge in [-0.05, 0) is 48.8 Å². The van der Waals surface area contributed by atoms with Gasteiger partial charge in [0.1, 0.15) is 55.1 Å². The fraction of sp³-hybridized carbons (Fsp3) is 0.512. The van der Waals surface area contributed by atoms with Crippen LogP contribution in [-0.4, -0.2) is 130 Å². The molecule has 2 fully saturated rings. The molecule has 342 valence electrons. The monoisotopic (exact) mass is 878 g/mol. The molecule has 0 radical (unpaired) electrons. The van der Waals surface area contributed by atoms with Gasteiger partial charge in [-0.25, -0.2) is 4.79 Å². The van der Waals surface area contributed by atoms with Crippen molar-refractivity contribution in [2.45, 2.75) is 121 Å². The topological polar surface area (TPSA) is 299 Å². The number of aliphatic hydroxyl groups is 3. The number of para-hydroxylation sites is 1. The van der Waals surface area contributed by atoms with Crippen LogP contribution in [-0.2, 0) is 51.3 Å². The number of aliphatic hydroxyl groups excluding tert-OH is 3. The summed E-state index contributed by atoms with van der Waals surface area (Å²) in [4.78, 5) is 98.0. The highest BCUT2D eigenvalue weighted by molar-refractivity contribution is 5.97. The number of fused-ring (bicyclic) bond motifs is 1. The molecule has 20 nitrogen and oxygen atoms in total. The molecule has 2 aliphatic heterocycles. The predicted molar refractivity (Wildman–Crippen MR) is 226 cm³/mol. The van der Waals surface area contributed by atoms with E-state index in [1.165, 1.54) is 0 Å². The maximum atomic E-state index is 14.3. The molecule has 0 spiro atoms. The number of rotatable bonds is 12. The molecular formula is C43H58N8O12. The normalized spacial score (nSPS) is 26.4. The zero-order valence-corrected chi connectivity index (χ0v) is 35.4. The second kappa shape index (κ2) is 22.8. The number of benzene rings is 2. The van der Waals surface area contributed by atoms with Crippen LogP contribution in [0.5, 0.6) is 0 Å². The van der Waals surface area contributed by atoms with Gasteiger partial charge in [-0.15, -0.1) is 0 Å². The molecule has 7 amide bonds. The first-order valence-electron chi connectivity index (χ1n) is 21.0. The molecule has 2 saturated heterocycles. The lowest BCUT2D eigenvalue weighted by atomic mass is 9.95. The van der Waals surface area contributed by atoms with Crippen molar-refractivity contribution in [3.05, 3.63) is 71.9 Å². The van der Waals surface area contributed by atoms with Gasteiger partial charge in [0.2, 0.25) is 35.4 Å². The molecule has 0 aliphatic carbocycles. The van der Waals surface area contributed by atoms with E-state index in [4.69, 9.17) is 9.47 Å². The van der Waals surface area contributed by atoms with E-state index >= 15 is 0 Å². The molecule has 5 rings (SSSR count). The van der Waals surface area contributed by atoms with Crippen molar-refractivity contribution >= 4 is 52.4 Å². The highest BCUT2D eigenvalue weighted by atomic mass is 16.6. The Labute approximate surface area is 364 Å². The third-order valence-electron chi connectivity index (χ3n) is 10.7. The van der Waals surface area contributed by atoms with Crippen LogP contribution in [0.4, 0.5) is 4.79 Å². The number of H-pyrrole nitrogens is 1.